The lowest BCUT2D eigenvalue weighted by Crippen LogP contribution is -2.22. The third-order valence-corrected chi connectivity index (χ3v) is 1.35. The van der Waals surface area contributed by atoms with Crippen molar-refractivity contribution < 1.29 is 9.53 Å². The Bertz CT molecular complexity index is 214. The van der Waals surface area contributed by atoms with E-state index in [0.29, 0.717) is 30.3 Å². The third kappa shape index (κ3) is 6.37. The van der Waals surface area contributed by atoms with Gasteiger partial charge < -0.3 is 10.1 Å². The topological polar surface area (TPSA) is 38.3 Å². The van der Waals surface area contributed by atoms with E-state index >= 15 is 0 Å². The monoisotopic (exact) mass is 203 g/mol. The van der Waals surface area contributed by atoms with Crippen molar-refractivity contribution in [3.63, 3.8) is 0 Å². The van der Waals surface area contributed by atoms with Crippen molar-refractivity contribution in [1.82, 2.24) is 5.32 Å². The normalized spacial score (nSPS) is 9.38. The molecule has 0 saturated carbocycles. The van der Waals surface area contributed by atoms with Crippen LogP contribution in [-0.4, -0.2) is 25.7 Å². The fourth-order valence-electron chi connectivity index (χ4n) is 0.654. The van der Waals surface area contributed by atoms with E-state index in [4.69, 9.17) is 16.3 Å². The van der Waals surface area contributed by atoms with Crippen molar-refractivity contribution in [2.75, 3.05) is 19.7 Å². The Morgan fingerprint density at radius 2 is 2.08 bits per heavy atom. The van der Waals surface area contributed by atoms with E-state index in [0.717, 1.165) is 0 Å². The summed E-state index contributed by atoms with van der Waals surface area (Å²) in [6.07, 6.45) is 0. The Balaban J connectivity index is 3.62. The first-order chi connectivity index (χ1) is 6.07. The highest BCUT2D eigenvalue weighted by Crippen LogP contribution is 1.95. The molecule has 0 bridgehead atoms. The van der Waals surface area contributed by atoms with Gasteiger partial charge in [-0.05, 0) is 6.92 Å². The van der Waals surface area contributed by atoms with Crippen molar-refractivity contribution in [1.29, 1.82) is 0 Å². The van der Waals surface area contributed by atoms with Crippen LogP contribution in [0.2, 0.25) is 0 Å². The van der Waals surface area contributed by atoms with Gasteiger partial charge in [0.25, 0.3) is 0 Å². The number of nitrogens with one attached hydrogen (secondary N) is 1. The summed E-state index contributed by atoms with van der Waals surface area (Å²) < 4.78 is 4.73. The first kappa shape index (κ1) is 12.2. The number of carbonyl (C=O) groups excluding carboxylic acids is 1. The number of hydrogen-bond donors (Lipinski definition) is 1. The summed E-state index contributed by atoms with van der Waals surface area (Å²) in [6, 6.07) is 0. The molecule has 0 atom stereocenters. The summed E-state index contributed by atoms with van der Waals surface area (Å²) in [5.41, 5.74) is 0.389. The minimum Gasteiger partial charge on any atom is -0.463 e. The second kappa shape index (κ2) is 6.69. The van der Waals surface area contributed by atoms with E-state index in [1.165, 1.54) is 0 Å². The van der Waals surface area contributed by atoms with Gasteiger partial charge in [0.05, 0.1) is 6.61 Å². The van der Waals surface area contributed by atoms with Crippen molar-refractivity contribution in [2.24, 2.45) is 0 Å². The van der Waals surface area contributed by atoms with Gasteiger partial charge >= 0.3 is 5.97 Å². The smallest absolute Gasteiger partial charge is 0.334 e. The third-order valence-electron chi connectivity index (χ3n) is 1.22. The molecule has 1 N–H and O–H groups in total. The highest BCUT2D eigenvalue weighted by molar-refractivity contribution is 6.29. The maximum Gasteiger partial charge on any atom is 0.334 e. The fourth-order valence-corrected chi connectivity index (χ4v) is 0.749. The molecule has 4 heteroatoms. The Morgan fingerprint density at radius 3 is 2.54 bits per heavy atom. The number of ether oxygens (including phenoxy) is 1. The highest BCUT2D eigenvalue weighted by atomic mass is 35.5. The lowest BCUT2D eigenvalue weighted by atomic mass is 10.3. The van der Waals surface area contributed by atoms with Crippen LogP contribution in [0.4, 0.5) is 0 Å². The van der Waals surface area contributed by atoms with Gasteiger partial charge in [0.1, 0.15) is 0 Å². The Kier molecular flexibility index (Phi) is 6.28. The van der Waals surface area contributed by atoms with Gasteiger partial charge in [0.15, 0.2) is 0 Å². The van der Waals surface area contributed by atoms with Gasteiger partial charge in [0.2, 0.25) is 0 Å². The Hall–Kier alpha value is -0.800. The van der Waals surface area contributed by atoms with E-state index < -0.39 is 0 Å². The maximum absolute atomic E-state index is 11.0. The van der Waals surface area contributed by atoms with Crippen LogP contribution in [0, 0.1) is 0 Å². The predicted molar refractivity (Wildman–Crippen MR) is 53.6 cm³/mol. The van der Waals surface area contributed by atoms with Crippen LogP contribution >= 0.6 is 11.6 Å². The summed E-state index contributed by atoms with van der Waals surface area (Å²) in [4.78, 5) is 11.0. The number of rotatable bonds is 6. The molecule has 0 aliphatic heterocycles. The fraction of sp³-hybridized carbons (Fsp3) is 0.444. The van der Waals surface area contributed by atoms with Gasteiger partial charge in [-0.1, -0.05) is 24.8 Å². The van der Waals surface area contributed by atoms with Crippen molar-refractivity contribution >= 4 is 17.6 Å². The molecule has 0 aromatic heterocycles. The maximum atomic E-state index is 11.0. The minimum atomic E-state index is -0.379. The van der Waals surface area contributed by atoms with Crippen molar-refractivity contribution in [2.45, 2.75) is 6.92 Å². The van der Waals surface area contributed by atoms with Crippen molar-refractivity contribution in [3.8, 4) is 0 Å². The second-order valence-electron chi connectivity index (χ2n) is 2.44. The van der Waals surface area contributed by atoms with Gasteiger partial charge in [-0.3, -0.25) is 0 Å². The van der Waals surface area contributed by atoms with Crippen LogP contribution in [0.3, 0.4) is 0 Å². The van der Waals surface area contributed by atoms with Crippen LogP contribution in [0.1, 0.15) is 6.92 Å². The molecule has 3 nitrogen and oxygen atoms in total. The summed E-state index contributed by atoms with van der Waals surface area (Å²) in [6.45, 7) is 9.98. The van der Waals surface area contributed by atoms with E-state index in [1.807, 2.05) is 0 Å². The molecule has 0 aliphatic rings. The number of hydrogen-bond acceptors (Lipinski definition) is 3. The molecule has 0 unspecified atom stereocenters. The molecule has 0 fully saturated rings. The van der Waals surface area contributed by atoms with Crippen LogP contribution in [0.5, 0.6) is 0 Å². The first-order valence-corrected chi connectivity index (χ1v) is 4.34. The molecule has 0 heterocycles. The molecule has 0 aromatic rings. The minimum absolute atomic E-state index is 0.361. The molecule has 0 aromatic carbocycles. The quantitative estimate of drug-likeness (QED) is 0.525. The molecule has 13 heavy (non-hydrogen) atoms. The standard InChI is InChI=1S/C9H14ClNO2/c1-4-13-9(12)7(2)5-11-6-8(3)10/h11H,2-6H2,1H3. The van der Waals surface area contributed by atoms with Crippen LogP contribution in [0.15, 0.2) is 23.8 Å². The Labute approximate surface area is 83.4 Å². The zero-order valence-corrected chi connectivity index (χ0v) is 8.49. The van der Waals surface area contributed by atoms with E-state index in [1.54, 1.807) is 6.92 Å². The van der Waals surface area contributed by atoms with Crippen molar-refractivity contribution in [3.05, 3.63) is 23.8 Å². The molecule has 0 rings (SSSR count). The Morgan fingerprint density at radius 1 is 1.46 bits per heavy atom. The predicted octanol–water partition coefficient (Wildman–Crippen LogP) is 1.45. The molecule has 0 spiro atoms. The summed E-state index contributed by atoms with van der Waals surface area (Å²) in [5, 5.41) is 3.39. The van der Waals surface area contributed by atoms with E-state index in [-0.39, 0.29) is 5.97 Å². The summed E-state index contributed by atoms with van der Waals surface area (Å²) in [5.74, 6) is -0.379. The van der Waals surface area contributed by atoms with Gasteiger partial charge in [-0.2, -0.15) is 0 Å². The zero-order chi connectivity index (χ0) is 10.3. The second-order valence-corrected chi connectivity index (χ2v) is 2.98. The van der Waals surface area contributed by atoms with E-state index in [2.05, 4.69) is 18.5 Å². The lowest BCUT2D eigenvalue weighted by molar-refractivity contribution is -0.138. The van der Waals surface area contributed by atoms with Gasteiger partial charge in [-0.15, -0.1) is 0 Å². The highest BCUT2D eigenvalue weighted by Gasteiger charge is 2.06. The van der Waals surface area contributed by atoms with Crippen LogP contribution < -0.4 is 5.32 Å². The zero-order valence-electron chi connectivity index (χ0n) is 7.73. The average Bonchev–Trinajstić information content (AvgIpc) is 2.04. The summed E-state index contributed by atoms with van der Waals surface area (Å²) >= 11 is 5.50. The first-order valence-electron chi connectivity index (χ1n) is 3.96. The van der Waals surface area contributed by atoms with Gasteiger partial charge in [-0.25, -0.2) is 4.79 Å². The SMILES string of the molecule is C=C(Cl)CNCC(=C)C(=O)OCC. The molecule has 0 aliphatic carbocycles. The summed E-state index contributed by atoms with van der Waals surface area (Å²) in [7, 11) is 0. The number of esters is 1. The largest absolute Gasteiger partial charge is 0.463 e. The molecular formula is C9H14ClNO2. The molecule has 0 saturated heterocycles. The number of carbonyl (C=O) groups is 1. The van der Waals surface area contributed by atoms with Crippen LogP contribution in [-0.2, 0) is 9.53 Å². The van der Waals surface area contributed by atoms with E-state index in [9.17, 15) is 4.79 Å². The molecule has 0 radical (unpaired) electrons. The molecule has 74 valence electrons. The number of halogens is 1. The van der Waals surface area contributed by atoms with Crippen LogP contribution in [0.25, 0.3) is 0 Å². The van der Waals surface area contributed by atoms with Gasteiger partial charge in [0, 0.05) is 23.7 Å². The molecule has 0 amide bonds. The lowest BCUT2D eigenvalue weighted by Gasteiger charge is -2.05. The molecular weight excluding hydrogens is 190 g/mol. The average molecular weight is 204 g/mol.